The van der Waals surface area contributed by atoms with E-state index in [1.54, 1.807) is 6.07 Å². The Hall–Kier alpha value is -3.91. The number of hydrogen-bond donors (Lipinski definition) is 0. The number of nitrogens with zero attached hydrogens (tertiary/aromatic N) is 2. The van der Waals surface area contributed by atoms with E-state index in [2.05, 4.69) is 4.74 Å². The van der Waals surface area contributed by atoms with Crippen molar-refractivity contribution in [1.82, 2.24) is 10.0 Å². The molecule has 39 heavy (non-hydrogen) atoms. The van der Waals surface area contributed by atoms with Crippen molar-refractivity contribution in [2.24, 2.45) is 11.3 Å². The summed E-state index contributed by atoms with van der Waals surface area (Å²) in [4.78, 5) is 64.8. The number of amides is 1. The van der Waals surface area contributed by atoms with Crippen LogP contribution in [0.15, 0.2) is 42.6 Å². The van der Waals surface area contributed by atoms with Crippen molar-refractivity contribution in [3.63, 3.8) is 0 Å². The number of esters is 2. The minimum atomic E-state index is -5.61. The van der Waals surface area contributed by atoms with Crippen LogP contribution in [0.1, 0.15) is 26.3 Å². The summed E-state index contributed by atoms with van der Waals surface area (Å²) in [7, 11) is 0. The standard InChI is InChI=1S/C24H20F6N2O7/c1-20(2,3)22(39-19(37)24(28,29)30)16(34)15-14-13(33)9-10-31(32(15)17(22)35)21(14,38-18(36)23(25,26)27)11-12-7-5-4-6-8-12/h4-10,14-15H,11H2,1-3H3. The number of benzene rings is 1. The highest BCUT2D eigenvalue weighted by Crippen LogP contribution is 2.55. The topological polar surface area (TPSA) is 110 Å². The van der Waals surface area contributed by atoms with Gasteiger partial charge in [-0.1, -0.05) is 51.1 Å². The van der Waals surface area contributed by atoms with Gasteiger partial charge in [-0.05, 0) is 11.6 Å². The van der Waals surface area contributed by atoms with Gasteiger partial charge >= 0.3 is 24.3 Å². The lowest BCUT2D eigenvalue weighted by Gasteiger charge is -2.45. The number of Topliss-reactive ketones (excluding diaryl/α,β-unsaturated/α-hetero) is 1. The lowest BCUT2D eigenvalue weighted by molar-refractivity contribution is -0.243. The minimum absolute atomic E-state index is 0.234. The molecule has 3 heterocycles. The Kier molecular flexibility index (Phi) is 6.16. The molecule has 1 amide bonds. The Bertz CT molecular complexity index is 1290. The fourth-order valence-corrected chi connectivity index (χ4v) is 5.21. The van der Waals surface area contributed by atoms with Crippen LogP contribution in [0, 0.1) is 11.3 Å². The maximum atomic E-state index is 13.9. The highest BCUT2D eigenvalue weighted by Gasteiger charge is 2.79. The predicted octanol–water partition coefficient (Wildman–Crippen LogP) is 2.64. The first kappa shape index (κ1) is 28.1. The van der Waals surface area contributed by atoms with E-state index in [1.807, 2.05) is 0 Å². The number of halogens is 6. The fraction of sp³-hybridized carbons (Fsp3) is 0.458. The van der Waals surface area contributed by atoms with Crippen LogP contribution in [0.2, 0.25) is 0 Å². The highest BCUT2D eigenvalue weighted by molar-refractivity contribution is 6.21. The van der Waals surface area contributed by atoms with Crippen LogP contribution in [0.25, 0.3) is 0 Å². The molecule has 4 rings (SSSR count). The summed E-state index contributed by atoms with van der Waals surface area (Å²) in [5, 5.41) is 1.06. The SMILES string of the molecule is CC(C)(C)C1(OC(=O)C(F)(F)F)C(=O)C2C3C(=O)C=CN(N2C1=O)C3(Cc1ccccc1)OC(=O)C(F)(F)F. The summed E-state index contributed by atoms with van der Waals surface area (Å²) in [6.45, 7) is 3.41. The number of ketones is 2. The number of rotatable bonds is 4. The Balaban J connectivity index is 1.91. The van der Waals surface area contributed by atoms with Crippen LogP contribution in [-0.4, -0.2) is 69.2 Å². The van der Waals surface area contributed by atoms with E-state index < -0.39 is 76.9 Å². The maximum absolute atomic E-state index is 13.9. The predicted molar refractivity (Wildman–Crippen MR) is 114 cm³/mol. The largest absolute Gasteiger partial charge is 0.491 e. The van der Waals surface area contributed by atoms with Crippen molar-refractivity contribution >= 4 is 29.4 Å². The Labute approximate surface area is 216 Å². The van der Waals surface area contributed by atoms with E-state index in [0.29, 0.717) is 10.0 Å². The molecule has 4 unspecified atom stereocenters. The molecule has 4 atom stereocenters. The second kappa shape index (κ2) is 8.55. The van der Waals surface area contributed by atoms with Gasteiger partial charge in [-0.2, -0.15) is 26.3 Å². The summed E-state index contributed by atoms with van der Waals surface area (Å²) in [5.41, 5.74) is -7.32. The summed E-state index contributed by atoms with van der Waals surface area (Å²) in [5.74, 6) is -11.7. The highest BCUT2D eigenvalue weighted by atomic mass is 19.4. The Morgan fingerprint density at radius 2 is 1.44 bits per heavy atom. The number of hydrazine groups is 1. The normalized spacial score (nSPS) is 28.6. The van der Waals surface area contributed by atoms with Crippen molar-refractivity contribution in [2.45, 2.75) is 56.9 Å². The number of alkyl halides is 6. The Morgan fingerprint density at radius 1 is 0.897 bits per heavy atom. The van der Waals surface area contributed by atoms with Crippen LogP contribution < -0.4 is 0 Å². The monoisotopic (exact) mass is 562 g/mol. The van der Waals surface area contributed by atoms with Crippen LogP contribution in [0.5, 0.6) is 0 Å². The maximum Gasteiger partial charge on any atom is 0.491 e. The third-order valence-electron chi connectivity index (χ3n) is 6.83. The molecular formula is C24H20F6N2O7. The Morgan fingerprint density at radius 3 is 1.95 bits per heavy atom. The van der Waals surface area contributed by atoms with Crippen molar-refractivity contribution in [2.75, 3.05) is 0 Å². The molecule has 0 aromatic heterocycles. The van der Waals surface area contributed by atoms with Gasteiger partial charge in [0.2, 0.25) is 11.5 Å². The van der Waals surface area contributed by atoms with Crippen LogP contribution in [0.3, 0.4) is 0 Å². The van der Waals surface area contributed by atoms with Gasteiger partial charge in [0.05, 0.1) is 0 Å². The molecule has 0 radical (unpaired) electrons. The molecule has 2 bridgehead atoms. The molecule has 2 saturated heterocycles. The molecule has 210 valence electrons. The van der Waals surface area contributed by atoms with E-state index in [-0.39, 0.29) is 5.56 Å². The van der Waals surface area contributed by atoms with Gasteiger partial charge in [0.25, 0.3) is 11.5 Å². The molecule has 3 aliphatic rings. The summed E-state index contributed by atoms with van der Waals surface area (Å²) >= 11 is 0. The van der Waals surface area contributed by atoms with Gasteiger partial charge in [0.15, 0.2) is 5.78 Å². The molecule has 1 aromatic rings. The zero-order valence-electron chi connectivity index (χ0n) is 20.4. The van der Waals surface area contributed by atoms with Gasteiger partial charge in [0, 0.05) is 18.0 Å². The van der Waals surface area contributed by atoms with Gasteiger partial charge in [0.1, 0.15) is 12.0 Å². The lowest BCUT2D eigenvalue weighted by Crippen LogP contribution is -2.65. The molecule has 15 heteroatoms. The number of carbonyl (C=O) groups is 5. The molecule has 3 aliphatic heterocycles. The van der Waals surface area contributed by atoms with E-state index in [1.165, 1.54) is 24.3 Å². The first-order valence-corrected chi connectivity index (χ1v) is 11.3. The lowest BCUT2D eigenvalue weighted by atomic mass is 9.70. The number of fused-ring (bicyclic) bond motifs is 5. The molecule has 0 N–H and O–H groups in total. The van der Waals surface area contributed by atoms with E-state index in [4.69, 9.17) is 4.74 Å². The van der Waals surface area contributed by atoms with Gasteiger partial charge in [-0.25, -0.2) is 19.6 Å². The first-order valence-electron chi connectivity index (χ1n) is 11.3. The zero-order valence-corrected chi connectivity index (χ0v) is 20.4. The van der Waals surface area contributed by atoms with Crippen LogP contribution in [-0.2, 0) is 39.9 Å². The first-order chi connectivity index (χ1) is 17.8. The van der Waals surface area contributed by atoms with Gasteiger partial charge in [-0.3, -0.25) is 14.4 Å². The molecule has 0 aliphatic carbocycles. The second-order valence-electron chi connectivity index (χ2n) is 10.2. The quantitative estimate of drug-likeness (QED) is 0.313. The average Bonchev–Trinajstić information content (AvgIpc) is 3.10. The minimum Gasteiger partial charge on any atom is -0.433 e. The zero-order chi connectivity index (χ0) is 29.3. The number of hydrogen-bond acceptors (Lipinski definition) is 8. The number of ether oxygens (including phenoxy) is 2. The van der Waals surface area contributed by atoms with Gasteiger partial charge < -0.3 is 9.47 Å². The summed E-state index contributed by atoms with van der Waals surface area (Å²) < 4.78 is 89.0. The average molecular weight is 562 g/mol. The van der Waals surface area contributed by atoms with E-state index >= 15 is 0 Å². The molecule has 2 fully saturated rings. The van der Waals surface area contributed by atoms with Crippen molar-refractivity contribution in [3.05, 3.63) is 48.2 Å². The third kappa shape index (κ3) is 4.05. The number of carbonyl (C=O) groups excluding carboxylic acids is 5. The summed E-state index contributed by atoms with van der Waals surface area (Å²) in [6.07, 6.45) is -10.2. The third-order valence-corrected chi connectivity index (χ3v) is 6.83. The van der Waals surface area contributed by atoms with Crippen LogP contribution >= 0.6 is 0 Å². The van der Waals surface area contributed by atoms with E-state index in [9.17, 15) is 50.3 Å². The van der Waals surface area contributed by atoms with Crippen LogP contribution in [0.4, 0.5) is 26.3 Å². The fourth-order valence-electron chi connectivity index (χ4n) is 5.21. The molecule has 9 nitrogen and oxygen atoms in total. The molecule has 0 saturated carbocycles. The van der Waals surface area contributed by atoms with Gasteiger partial charge in [-0.15, -0.1) is 0 Å². The van der Waals surface area contributed by atoms with Crippen molar-refractivity contribution in [1.29, 1.82) is 0 Å². The molecule has 0 spiro atoms. The molecule has 1 aromatic carbocycles. The second-order valence-corrected chi connectivity index (χ2v) is 10.2. The van der Waals surface area contributed by atoms with Crippen molar-refractivity contribution in [3.8, 4) is 0 Å². The number of allylic oxidation sites excluding steroid dienone is 1. The smallest absolute Gasteiger partial charge is 0.433 e. The molecular weight excluding hydrogens is 542 g/mol. The van der Waals surface area contributed by atoms with E-state index in [0.717, 1.165) is 33.0 Å². The summed E-state index contributed by atoms with van der Waals surface area (Å²) in [6, 6.07) is 5.33. The van der Waals surface area contributed by atoms with Crippen molar-refractivity contribution < 1.29 is 59.8 Å².